The SMILES string of the molecule is COC(=O)[C@H](Cc1ccccc1)NC(=O)c1cccc(-n2cnnn2)c1. The fourth-order valence-corrected chi connectivity index (χ4v) is 2.50. The molecule has 0 saturated carbocycles. The standard InChI is InChI=1S/C18H17N5O3/c1-26-18(25)16(10-13-6-3-2-4-7-13)20-17(24)14-8-5-9-15(11-14)23-12-19-21-22-23/h2-9,11-12,16H,10H2,1H3,(H,20,24)/t16-/m0/s1. The molecule has 26 heavy (non-hydrogen) atoms. The van der Waals surface area contributed by atoms with Crippen molar-refractivity contribution in [3.8, 4) is 5.69 Å². The molecule has 1 amide bonds. The van der Waals surface area contributed by atoms with Crippen molar-refractivity contribution < 1.29 is 14.3 Å². The van der Waals surface area contributed by atoms with E-state index in [0.29, 0.717) is 17.7 Å². The van der Waals surface area contributed by atoms with Crippen molar-refractivity contribution >= 4 is 11.9 Å². The van der Waals surface area contributed by atoms with Crippen LogP contribution in [-0.4, -0.2) is 45.2 Å². The van der Waals surface area contributed by atoms with Crippen LogP contribution in [0.25, 0.3) is 5.69 Å². The van der Waals surface area contributed by atoms with Gasteiger partial charge in [0.25, 0.3) is 5.91 Å². The minimum atomic E-state index is -0.786. The second-order valence-corrected chi connectivity index (χ2v) is 5.54. The van der Waals surface area contributed by atoms with Gasteiger partial charge in [0, 0.05) is 12.0 Å². The molecule has 0 aliphatic heterocycles. The quantitative estimate of drug-likeness (QED) is 0.670. The highest BCUT2D eigenvalue weighted by molar-refractivity contribution is 5.97. The third-order valence-corrected chi connectivity index (χ3v) is 3.80. The first kappa shape index (κ1) is 17.3. The Morgan fingerprint density at radius 3 is 2.65 bits per heavy atom. The van der Waals surface area contributed by atoms with E-state index in [1.54, 1.807) is 24.3 Å². The van der Waals surface area contributed by atoms with Crippen LogP contribution in [0.15, 0.2) is 60.9 Å². The lowest BCUT2D eigenvalue weighted by atomic mass is 10.1. The van der Waals surface area contributed by atoms with E-state index in [1.807, 2.05) is 30.3 Å². The third kappa shape index (κ3) is 4.10. The zero-order chi connectivity index (χ0) is 18.4. The van der Waals surface area contributed by atoms with Crippen LogP contribution in [0, 0.1) is 0 Å². The fraction of sp³-hybridized carbons (Fsp3) is 0.167. The van der Waals surface area contributed by atoms with Crippen LogP contribution >= 0.6 is 0 Å². The van der Waals surface area contributed by atoms with Gasteiger partial charge in [-0.25, -0.2) is 9.48 Å². The smallest absolute Gasteiger partial charge is 0.328 e. The number of esters is 1. The van der Waals surface area contributed by atoms with Crippen LogP contribution in [0.2, 0.25) is 0 Å². The summed E-state index contributed by atoms with van der Waals surface area (Å²) in [6.45, 7) is 0. The van der Waals surface area contributed by atoms with Gasteiger partial charge in [-0.15, -0.1) is 5.10 Å². The Morgan fingerprint density at radius 1 is 1.15 bits per heavy atom. The number of hydrogen-bond donors (Lipinski definition) is 1. The van der Waals surface area contributed by atoms with Crippen molar-refractivity contribution in [1.29, 1.82) is 0 Å². The van der Waals surface area contributed by atoms with E-state index in [0.717, 1.165) is 5.56 Å². The van der Waals surface area contributed by atoms with Crippen LogP contribution in [0.3, 0.4) is 0 Å². The van der Waals surface area contributed by atoms with E-state index in [-0.39, 0.29) is 5.91 Å². The number of nitrogens with one attached hydrogen (secondary N) is 1. The number of ether oxygens (including phenoxy) is 1. The van der Waals surface area contributed by atoms with Gasteiger partial charge >= 0.3 is 5.97 Å². The number of hydrogen-bond acceptors (Lipinski definition) is 6. The number of amides is 1. The average Bonchev–Trinajstić information content (AvgIpc) is 3.22. The van der Waals surface area contributed by atoms with Gasteiger partial charge in [-0.2, -0.15) is 0 Å². The monoisotopic (exact) mass is 351 g/mol. The molecule has 1 N–H and O–H groups in total. The molecule has 2 aromatic carbocycles. The number of nitrogens with zero attached hydrogens (tertiary/aromatic N) is 4. The Hall–Kier alpha value is -3.55. The van der Waals surface area contributed by atoms with Gasteiger partial charge < -0.3 is 10.1 Å². The highest BCUT2D eigenvalue weighted by atomic mass is 16.5. The molecule has 1 aromatic heterocycles. The van der Waals surface area contributed by atoms with Gasteiger partial charge in [-0.3, -0.25) is 4.79 Å². The number of benzene rings is 2. The molecule has 0 spiro atoms. The van der Waals surface area contributed by atoms with Crippen LogP contribution in [-0.2, 0) is 16.0 Å². The molecule has 0 fully saturated rings. The van der Waals surface area contributed by atoms with Gasteiger partial charge in [-0.1, -0.05) is 36.4 Å². The second kappa shape index (κ2) is 8.02. The van der Waals surface area contributed by atoms with Crippen molar-refractivity contribution in [3.05, 3.63) is 72.1 Å². The summed E-state index contributed by atoms with van der Waals surface area (Å²) in [5.41, 5.74) is 1.95. The van der Waals surface area contributed by atoms with E-state index in [1.165, 1.54) is 18.1 Å². The van der Waals surface area contributed by atoms with Gasteiger partial charge in [0.1, 0.15) is 12.4 Å². The summed E-state index contributed by atoms with van der Waals surface area (Å²) >= 11 is 0. The molecule has 8 nitrogen and oxygen atoms in total. The topological polar surface area (TPSA) is 99.0 Å². The maximum atomic E-state index is 12.6. The summed E-state index contributed by atoms with van der Waals surface area (Å²) in [4.78, 5) is 24.7. The Kier molecular flexibility index (Phi) is 5.33. The van der Waals surface area contributed by atoms with Gasteiger partial charge in [0.2, 0.25) is 0 Å². The lowest BCUT2D eigenvalue weighted by Crippen LogP contribution is -2.43. The molecule has 3 aromatic rings. The molecule has 0 saturated heterocycles. The van der Waals surface area contributed by atoms with Crippen molar-refractivity contribution in [3.63, 3.8) is 0 Å². The Bertz CT molecular complexity index is 881. The summed E-state index contributed by atoms with van der Waals surface area (Å²) in [7, 11) is 1.30. The van der Waals surface area contributed by atoms with Gasteiger partial charge in [-0.05, 0) is 34.2 Å². The first-order chi connectivity index (χ1) is 12.7. The first-order valence-corrected chi connectivity index (χ1v) is 7.93. The zero-order valence-corrected chi connectivity index (χ0v) is 14.1. The normalized spacial score (nSPS) is 11.6. The number of carbonyl (C=O) groups is 2. The molecule has 0 aliphatic rings. The Labute approximate surface area is 149 Å². The molecular weight excluding hydrogens is 334 g/mol. The van der Waals surface area contributed by atoms with Crippen molar-refractivity contribution in [2.45, 2.75) is 12.5 Å². The molecule has 0 radical (unpaired) electrons. The lowest BCUT2D eigenvalue weighted by Gasteiger charge is -2.17. The predicted molar refractivity (Wildman–Crippen MR) is 92.6 cm³/mol. The van der Waals surface area contributed by atoms with E-state index in [2.05, 4.69) is 20.8 Å². The summed E-state index contributed by atoms with van der Waals surface area (Å²) in [5.74, 6) is -0.884. The minimum absolute atomic E-state index is 0.339. The number of carbonyl (C=O) groups excluding carboxylic acids is 2. The first-order valence-electron chi connectivity index (χ1n) is 7.93. The summed E-state index contributed by atoms with van der Waals surface area (Å²) < 4.78 is 6.26. The molecule has 0 unspecified atom stereocenters. The summed E-state index contributed by atoms with van der Waals surface area (Å²) in [5, 5.41) is 13.7. The highest BCUT2D eigenvalue weighted by Gasteiger charge is 2.22. The Balaban J connectivity index is 1.77. The molecule has 132 valence electrons. The van der Waals surface area contributed by atoms with Crippen LogP contribution in [0.1, 0.15) is 15.9 Å². The maximum Gasteiger partial charge on any atom is 0.328 e. The van der Waals surface area contributed by atoms with E-state index >= 15 is 0 Å². The summed E-state index contributed by atoms with van der Waals surface area (Å²) in [6, 6.07) is 15.4. The van der Waals surface area contributed by atoms with E-state index < -0.39 is 12.0 Å². The molecule has 1 atom stereocenters. The van der Waals surface area contributed by atoms with Crippen LogP contribution < -0.4 is 5.32 Å². The van der Waals surface area contributed by atoms with Crippen molar-refractivity contribution in [1.82, 2.24) is 25.5 Å². The molecule has 8 heteroatoms. The molecule has 3 rings (SSSR count). The Morgan fingerprint density at radius 2 is 1.96 bits per heavy atom. The highest BCUT2D eigenvalue weighted by Crippen LogP contribution is 2.10. The average molecular weight is 351 g/mol. The fourth-order valence-electron chi connectivity index (χ4n) is 2.50. The van der Waals surface area contributed by atoms with E-state index in [4.69, 9.17) is 4.74 Å². The number of rotatable bonds is 6. The van der Waals surface area contributed by atoms with Crippen LogP contribution in [0.5, 0.6) is 0 Å². The van der Waals surface area contributed by atoms with Crippen molar-refractivity contribution in [2.75, 3.05) is 7.11 Å². The number of tetrazole rings is 1. The number of methoxy groups -OCH3 is 1. The van der Waals surface area contributed by atoms with Crippen LogP contribution in [0.4, 0.5) is 0 Å². The van der Waals surface area contributed by atoms with Crippen molar-refractivity contribution in [2.24, 2.45) is 0 Å². The summed E-state index contributed by atoms with van der Waals surface area (Å²) in [6.07, 6.45) is 1.77. The molecule has 0 bridgehead atoms. The lowest BCUT2D eigenvalue weighted by molar-refractivity contribution is -0.142. The molecule has 0 aliphatic carbocycles. The predicted octanol–water partition coefficient (Wildman–Crippen LogP) is 1.18. The zero-order valence-electron chi connectivity index (χ0n) is 14.1. The van der Waals surface area contributed by atoms with Gasteiger partial charge in [0.15, 0.2) is 0 Å². The maximum absolute atomic E-state index is 12.6. The number of aromatic nitrogens is 4. The molecule has 1 heterocycles. The third-order valence-electron chi connectivity index (χ3n) is 3.80. The van der Waals surface area contributed by atoms with Gasteiger partial charge in [0.05, 0.1) is 12.8 Å². The second-order valence-electron chi connectivity index (χ2n) is 5.54. The largest absolute Gasteiger partial charge is 0.467 e. The minimum Gasteiger partial charge on any atom is -0.467 e. The molecular formula is C18H17N5O3. The van der Waals surface area contributed by atoms with E-state index in [9.17, 15) is 9.59 Å².